The van der Waals surface area contributed by atoms with Gasteiger partial charge in [0.2, 0.25) is 10.0 Å². The highest BCUT2D eigenvalue weighted by molar-refractivity contribution is 7.89. The van der Waals surface area contributed by atoms with Gasteiger partial charge in [-0.05, 0) is 19.1 Å². The molecule has 1 saturated heterocycles. The summed E-state index contributed by atoms with van der Waals surface area (Å²) in [5.74, 6) is 2.68. The minimum Gasteiger partial charge on any atom is -0.495 e. The summed E-state index contributed by atoms with van der Waals surface area (Å²) in [6.07, 6.45) is 5.08. The van der Waals surface area contributed by atoms with E-state index < -0.39 is 10.0 Å². The molecule has 0 N–H and O–H groups in total. The molecular weight excluding hydrogens is 392 g/mol. The summed E-state index contributed by atoms with van der Waals surface area (Å²) in [6.45, 7) is 3.71. The second kappa shape index (κ2) is 7.80. The Morgan fingerprint density at radius 2 is 1.72 bits per heavy atom. The van der Waals surface area contributed by atoms with E-state index in [4.69, 9.17) is 4.74 Å². The van der Waals surface area contributed by atoms with Crippen LogP contribution in [0.2, 0.25) is 0 Å². The fraction of sp³-hybridized carbons (Fsp3) is 0.316. The van der Waals surface area contributed by atoms with E-state index in [1.807, 2.05) is 23.8 Å². The van der Waals surface area contributed by atoms with Crippen LogP contribution in [0.4, 0.5) is 5.82 Å². The van der Waals surface area contributed by atoms with Gasteiger partial charge in [-0.3, -0.25) is 4.57 Å². The number of anilines is 1. The molecule has 0 amide bonds. The van der Waals surface area contributed by atoms with Crippen LogP contribution in [0.25, 0.3) is 5.82 Å². The lowest BCUT2D eigenvalue weighted by Crippen LogP contribution is -2.49. The van der Waals surface area contributed by atoms with Crippen LogP contribution < -0.4 is 9.64 Å². The number of rotatable bonds is 5. The first-order chi connectivity index (χ1) is 14.0. The van der Waals surface area contributed by atoms with Gasteiger partial charge in [0.1, 0.15) is 34.4 Å². The van der Waals surface area contributed by atoms with Gasteiger partial charge >= 0.3 is 0 Å². The number of hydrogen-bond acceptors (Lipinski definition) is 7. The molecule has 29 heavy (non-hydrogen) atoms. The molecule has 0 bridgehead atoms. The van der Waals surface area contributed by atoms with Crippen molar-refractivity contribution < 1.29 is 13.2 Å². The third kappa shape index (κ3) is 3.68. The monoisotopic (exact) mass is 414 g/mol. The van der Waals surface area contributed by atoms with Crippen molar-refractivity contribution in [2.45, 2.75) is 11.8 Å². The molecule has 0 saturated carbocycles. The second-order valence-electron chi connectivity index (χ2n) is 6.62. The summed E-state index contributed by atoms with van der Waals surface area (Å²) < 4.78 is 34.7. The number of para-hydroxylation sites is 1. The van der Waals surface area contributed by atoms with Crippen LogP contribution in [-0.2, 0) is 10.0 Å². The highest BCUT2D eigenvalue weighted by Crippen LogP contribution is 2.27. The fourth-order valence-electron chi connectivity index (χ4n) is 3.39. The van der Waals surface area contributed by atoms with Crippen LogP contribution in [0.5, 0.6) is 5.75 Å². The number of piperazine rings is 1. The lowest BCUT2D eigenvalue weighted by atomic mass is 10.3. The van der Waals surface area contributed by atoms with Gasteiger partial charge in [0.15, 0.2) is 0 Å². The van der Waals surface area contributed by atoms with Gasteiger partial charge in [0.05, 0.1) is 7.11 Å². The number of aromatic nitrogens is 4. The topological polar surface area (TPSA) is 93.5 Å². The van der Waals surface area contributed by atoms with Crippen molar-refractivity contribution >= 4 is 15.8 Å². The van der Waals surface area contributed by atoms with Crippen LogP contribution in [0.3, 0.4) is 0 Å². The number of hydrogen-bond donors (Lipinski definition) is 0. The van der Waals surface area contributed by atoms with Crippen LogP contribution >= 0.6 is 0 Å². The minimum atomic E-state index is -3.62. The molecule has 1 aliphatic rings. The summed E-state index contributed by atoms with van der Waals surface area (Å²) in [5, 5.41) is 0. The summed E-state index contributed by atoms with van der Waals surface area (Å²) in [6, 6.07) is 8.57. The van der Waals surface area contributed by atoms with E-state index >= 15 is 0 Å². The second-order valence-corrected chi connectivity index (χ2v) is 8.53. The van der Waals surface area contributed by atoms with Gasteiger partial charge < -0.3 is 9.64 Å². The van der Waals surface area contributed by atoms with E-state index in [1.54, 1.807) is 30.5 Å². The molecule has 10 heteroatoms. The van der Waals surface area contributed by atoms with Crippen molar-refractivity contribution in [2.75, 3.05) is 38.2 Å². The molecule has 4 rings (SSSR count). The highest BCUT2D eigenvalue weighted by atomic mass is 32.2. The zero-order valence-electron chi connectivity index (χ0n) is 16.3. The molecule has 3 aromatic rings. The molecule has 152 valence electrons. The number of sulfonamides is 1. The molecule has 0 unspecified atom stereocenters. The number of methoxy groups -OCH3 is 1. The molecule has 2 aromatic heterocycles. The Bertz CT molecular complexity index is 1110. The van der Waals surface area contributed by atoms with E-state index in [9.17, 15) is 8.42 Å². The Morgan fingerprint density at radius 1 is 1.00 bits per heavy atom. The van der Waals surface area contributed by atoms with Crippen LogP contribution in [0.1, 0.15) is 5.82 Å². The molecule has 1 aromatic carbocycles. The zero-order chi connectivity index (χ0) is 20.4. The Labute approximate surface area is 169 Å². The SMILES string of the molecule is COc1ccccc1S(=O)(=O)N1CCN(c2cc(-n3ccnc3C)ncn2)CC1. The minimum absolute atomic E-state index is 0.191. The van der Waals surface area contributed by atoms with Gasteiger partial charge in [-0.1, -0.05) is 12.1 Å². The summed E-state index contributed by atoms with van der Waals surface area (Å²) >= 11 is 0. The van der Waals surface area contributed by atoms with Gasteiger partial charge in [-0.25, -0.2) is 23.4 Å². The Morgan fingerprint density at radius 3 is 2.41 bits per heavy atom. The normalized spacial score (nSPS) is 15.4. The third-order valence-corrected chi connectivity index (χ3v) is 6.90. The molecule has 1 fully saturated rings. The summed E-state index contributed by atoms with van der Waals surface area (Å²) in [7, 11) is -2.15. The van der Waals surface area contributed by atoms with E-state index in [1.165, 1.54) is 17.7 Å². The van der Waals surface area contributed by atoms with Crippen molar-refractivity contribution in [3.8, 4) is 11.6 Å². The van der Waals surface area contributed by atoms with Crippen molar-refractivity contribution in [2.24, 2.45) is 0 Å². The number of nitrogens with zero attached hydrogens (tertiary/aromatic N) is 6. The average Bonchev–Trinajstić information content (AvgIpc) is 3.20. The predicted molar refractivity (Wildman–Crippen MR) is 108 cm³/mol. The quantitative estimate of drug-likeness (QED) is 0.624. The Balaban J connectivity index is 1.51. The van der Waals surface area contributed by atoms with E-state index in [-0.39, 0.29) is 4.90 Å². The maximum absolute atomic E-state index is 13.0. The standard InChI is InChI=1S/C19H22N6O3S/c1-15-20-7-8-25(15)19-13-18(21-14-22-19)23-9-11-24(12-10-23)29(26,27)17-6-4-3-5-16(17)28-2/h3-8,13-14H,9-12H2,1-2H3. The van der Waals surface area contributed by atoms with E-state index in [2.05, 4.69) is 19.9 Å². The number of benzene rings is 1. The molecule has 1 aliphatic heterocycles. The molecule has 0 atom stereocenters. The summed E-state index contributed by atoms with van der Waals surface area (Å²) in [5.41, 5.74) is 0. The number of ether oxygens (including phenoxy) is 1. The molecular formula is C19H22N6O3S. The maximum atomic E-state index is 13.0. The Kier molecular flexibility index (Phi) is 5.20. The molecule has 0 spiro atoms. The molecule has 0 radical (unpaired) electrons. The average molecular weight is 414 g/mol. The number of aryl methyl sites for hydroxylation is 1. The van der Waals surface area contributed by atoms with Gasteiger partial charge in [0.25, 0.3) is 0 Å². The third-order valence-electron chi connectivity index (χ3n) is 4.96. The molecule has 0 aliphatic carbocycles. The molecule has 3 heterocycles. The highest BCUT2D eigenvalue weighted by Gasteiger charge is 2.31. The van der Waals surface area contributed by atoms with Gasteiger partial charge in [-0.15, -0.1) is 0 Å². The van der Waals surface area contributed by atoms with Crippen LogP contribution in [0, 0.1) is 6.92 Å². The van der Waals surface area contributed by atoms with Crippen molar-refractivity contribution in [3.63, 3.8) is 0 Å². The van der Waals surface area contributed by atoms with Gasteiger partial charge in [0, 0.05) is 44.6 Å². The lowest BCUT2D eigenvalue weighted by Gasteiger charge is -2.34. The van der Waals surface area contributed by atoms with Crippen LogP contribution in [0.15, 0.2) is 53.9 Å². The largest absolute Gasteiger partial charge is 0.495 e. The summed E-state index contributed by atoms with van der Waals surface area (Å²) in [4.78, 5) is 15.2. The first kappa shape index (κ1) is 19.3. The lowest BCUT2D eigenvalue weighted by molar-refractivity contribution is 0.373. The van der Waals surface area contributed by atoms with Crippen molar-refractivity contribution in [1.29, 1.82) is 0 Å². The van der Waals surface area contributed by atoms with Crippen LogP contribution in [-0.4, -0.2) is 65.5 Å². The predicted octanol–water partition coefficient (Wildman–Crippen LogP) is 1.49. The number of imidazole rings is 1. The van der Waals surface area contributed by atoms with Crippen molar-refractivity contribution in [3.05, 3.63) is 54.9 Å². The van der Waals surface area contributed by atoms with Gasteiger partial charge in [-0.2, -0.15) is 4.31 Å². The smallest absolute Gasteiger partial charge is 0.246 e. The first-order valence-electron chi connectivity index (χ1n) is 9.21. The first-order valence-corrected chi connectivity index (χ1v) is 10.6. The fourth-order valence-corrected chi connectivity index (χ4v) is 4.97. The molecule has 9 nitrogen and oxygen atoms in total. The van der Waals surface area contributed by atoms with E-state index in [0.717, 1.165) is 17.5 Å². The van der Waals surface area contributed by atoms with E-state index in [0.29, 0.717) is 31.9 Å². The zero-order valence-corrected chi connectivity index (χ0v) is 17.1. The Hall–Kier alpha value is -2.98. The maximum Gasteiger partial charge on any atom is 0.246 e. The van der Waals surface area contributed by atoms with Crippen molar-refractivity contribution in [1.82, 2.24) is 23.8 Å².